The van der Waals surface area contributed by atoms with E-state index in [9.17, 15) is 14.7 Å². The number of fused-ring (bicyclic) bond motifs is 4. The smallest absolute Gasteiger partial charge is 0.332 e. The summed E-state index contributed by atoms with van der Waals surface area (Å²) in [6, 6.07) is 19.3. The normalized spacial score (nSPS) is 31.5. The fourth-order valence-corrected chi connectivity index (χ4v) is 6.09. The lowest BCUT2D eigenvalue weighted by molar-refractivity contribution is -0.215. The molecule has 35 heavy (non-hydrogen) atoms. The first-order chi connectivity index (χ1) is 16.9. The Hall–Kier alpha value is -3.22. The highest BCUT2D eigenvalue weighted by Crippen LogP contribution is 2.62. The second-order valence-electron chi connectivity index (χ2n) is 9.77. The van der Waals surface area contributed by atoms with Gasteiger partial charge in [-0.3, -0.25) is 0 Å². The summed E-state index contributed by atoms with van der Waals surface area (Å²) in [4.78, 5) is 25.2. The van der Waals surface area contributed by atoms with Gasteiger partial charge in [-0.05, 0) is 49.5 Å². The van der Waals surface area contributed by atoms with Gasteiger partial charge in [0.1, 0.15) is 23.9 Å². The highest BCUT2D eigenvalue weighted by Gasteiger charge is 2.69. The van der Waals surface area contributed by atoms with Gasteiger partial charge in [0.2, 0.25) is 0 Å². The van der Waals surface area contributed by atoms with Crippen LogP contribution in [0.25, 0.3) is 6.08 Å². The molecule has 2 aliphatic heterocycles. The lowest BCUT2D eigenvalue weighted by atomic mass is 9.75. The first kappa shape index (κ1) is 23.5. The van der Waals surface area contributed by atoms with E-state index in [2.05, 4.69) is 6.92 Å². The fourth-order valence-electron chi connectivity index (χ4n) is 6.09. The van der Waals surface area contributed by atoms with Gasteiger partial charge in [-0.25, -0.2) is 9.59 Å². The Kier molecular flexibility index (Phi) is 6.11. The molecule has 6 nitrogen and oxygen atoms in total. The van der Waals surface area contributed by atoms with Gasteiger partial charge in [0.15, 0.2) is 6.10 Å². The maximum atomic E-state index is 13.1. The molecule has 2 aromatic carbocycles. The number of carbonyl (C=O) groups excluding carboxylic acids is 2. The predicted molar refractivity (Wildman–Crippen MR) is 130 cm³/mol. The minimum absolute atomic E-state index is 0.0609. The molecule has 182 valence electrons. The van der Waals surface area contributed by atoms with Gasteiger partial charge in [-0.15, -0.1) is 0 Å². The van der Waals surface area contributed by atoms with Crippen molar-refractivity contribution in [2.75, 3.05) is 6.61 Å². The Bertz CT molecular complexity index is 1170. The van der Waals surface area contributed by atoms with Gasteiger partial charge in [-0.1, -0.05) is 66.2 Å². The fraction of sp³-hybridized carbons (Fsp3) is 0.379. The lowest BCUT2D eigenvalue weighted by Gasteiger charge is -2.48. The third kappa shape index (κ3) is 4.01. The molecule has 2 heterocycles. The van der Waals surface area contributed by atoms with E-state index in [1.807, 2.05) is 67.6 Å². The molecule has 2 saturated heterocycles. The lowest BCUT2D eigenvalue weighted by Crippen LogP contribution is -2.55. The van der Waals surface area contributed by atoms with E-state index in [-0.39, 0.29) is 5.92 Å². The first-order valence-electron chi connectivity index (χ1n) is 12.1. The highest BCUT2D eigenvalue weighted by atomic mass is 16.6. The van der Waals surface area contributed by atoms with Gasteiger partial charge in [0.05, 0.1) is 0 Å². The van der Waals surface area contributed by atoms with Crippen molar-refractivity contribution in [3.63, 3.8) is 0 Å². The number of ether oxygens (including phenoxy) is 3. The number of allylic oxidation sites excluding steroid dienone is 1. The summed E-state index contributed by atoms with van der Waals surface area (Å²) >= 11 is 0. The van der Waals surface area contributed by atoms with Gasteiger partial charge < -0.3 is 19.3 Å². The Morgan fingerprint density at radius 2 is 1.77 bits per heavy atom. The van der Waals surface area contributed by atoms with Crippen molar-refractivity contribution in [1.29, 1.82) is 0 Å². The van der Waals surface area contributed by atoms with Crippen LogP contribution < -0.4 is 0 Å². The molecule has 1 N–H and O–H groups in total. The molecule has 3 aliphatic rings. The number of aliphatic hydroxyl groups is 1. The van der Waals surface area contributed by atoms with Crippen LogP contribution in [0, 0.1) is 5.92 Å². The van der Waals surface area contributed by atoms with Crippen molar-refractivity contribution in [2.45, 2.75) is 56.5 Å². The van der Waals surface area contributed by atoms with E-state index in [4.69, 9.17) is 14.2 Å². The highest BCUT2D eigenvalue weighted by molar-refractivity contribution is 5.87. The summed E-state index contributed by atoms with van der Waals surface area (Å²) in [5.74, 6) is -1.20. The van der Waals surface area contributed by atoms with Crippen molar-refractivity contribution >= 4 is 18.0 Å². The van der Waals surface area contributed by atoms with Gasteiger partial charge in [0, 0.05) is 18.4 Å². The van der Waals surface area contributed by atoms with Gasteiger partial charge in [-0.2, -0.15) is 0 Å². The van der Waals surface area contributed by atoms with E-state index in [0.717, 1.165) is 29.5 Å². The second kappa shape index (κ2) is 9.10. The molecule has 5 unspecified atom stereocenters. The molecule has 0 radical (unpaired) electrons. The van der Waals surface area contributed by atoms with Crippen molar-refractivity contribution in [3.8, 4) is 0 Å². The summed E-state index contributed by atoms with van der Waals surface area (Å²) in [7, 11) is 0. The summed E-state index contributed by atoms with van der Waals surface area (Å²) in [6.45, 7) is 3.36. The van der Waals surface area contributed by atoms with Crippen LogP contribution in [-0.2, 0) is 29.4 Å². The zero-order chi connectivity index (χ0) is 24.6. The summed E-state index contributed by atoms with van der Waals surface area (Å²) in [5, 5.41) is 9.35. The Morgan fingerprint density at radius 3 is 2.46 bits per heavy atom. The average molecular weight is 475 g/mol. The monoisotopic (exact) mass is 474 g/mol. The number of carbonyl (C=O) groups is 2. The van der Waals surface area contributed by atoms with E-state index in [0.29, 0.717) is 6.42 Å². The van der Waals surface area contributed by atoms with Crippen molar-refractivity contribution in [2.24, 2.45) is 5.92 Å². The average Bonchev–Trinajstić information content (AvgIpc) is 3.39. The maximum Gasteiger partial charge on any atom is 0.332 e. The van der Waals surface area contributed by atoms with Crippen molar-refractivity contribution in [3.05, 3.63) is 89.0 Å². The molecule has 2 fully saturated rings. The minimum Gasteiger partial charge on any atom is -0.457 e. The Balaban J connectivity index is 1.56. The van der Waals surface area contributed by atoms with Crippen LogP contribution in [0.4, 0.5) is 0 Å². The molecular formula is C29H30O6. The summed E-state index contributed by atoms with van der Waals surface area (Å²) in [6.07, 6.45) is 3.95. The third-order valence-corrected chi connectivity index (χ3v) is 7.71. The van der Waals surface area contributed by atoms with Crippen LogP contribution in [0.5, 0.6) is 0 Å². The van der Waals surface area contributed by atoms with E-state index in [1.54, 1.807) is 6.08 Å². The maximum absolute atomic E-state index is 13.1. The summed E-state index contributed by atoms with van der Waals surface area (Å²) < 4.78 is 18.8. The quantitative estimate of drug-likeness (QED) is 0.381. The van der Waals surface area contributed by atoms with Crippen LogP contribution in [0.15, 0.2) is 77.9 Å². The molecule has 0 saturated carbocycles. The van der Waals surface area contributed by atoms with Crippen molar-refractivity contribution in [1.82, 2.24) is 0 Å². The van der Waals surface area contributed by atoms with Crippen LogP contribution in [0.2, 0.25) is 0 Å². The Labute approximate surface area is 205 Å². The standard InChI is InChI=1S/C29H30O6/c1-19-13-15-22-26(19)27(34-24(31)16-14-20-9-5-3-6-10-20)29(21-11-7-4-8-12-21)17-23(28(22,2)35-29)33-25(32)18-30/h3-12,14,16,22-23,27,30H,13,15,17-18H2,1-2H3/b16-14+. The van der Waals surface area contributed by atoms with E-state index >= 15 is 0 Å². The molecule has 2 bridgehead atoms. The second-order valence-corrected chi connectivity index (χ2v) is 9.77. The largest absolute Gasteiger partial charge is 0.457 e. The van der Waals surface area contributed by atoms with E-state index in [1.165, 1.54) is 11.6 Å². The molecule has 1 aliphatic carbocycles. The van der Waals surface area contributed by atoms with E-state index < -0.39 is 42.0 Å². The number of aliphatic hydroxyl groups excluding tert-OH is 1. The zero-order valence-electron chi connectivity index (χ0n) is 20.0. The number of rotatable bonds is 6. The Morgan fingerprint density at radius 1 is 1.09 bits per heavy atom. The first-order valence-corrected chi connectivity index (χ1v) is 12.1. The molecule has 5 atom stereocenters. The van der Waals surface area contributed by atoms with Crippen LogP contribution >= 0.6 is 0 Å². The summed E-state index contributed by atoms with van der Waals surface area (Å²) in [5.41, 5.74) is 2.21. The number of hydrogen-bond donors (Lipinski definition) is 1. The zero-order valence-corrected chi connectivity index (χ0v) is 20.0. The molecule has 6 heteroatoms. The topological polar surface area (TPSA) is 82.1 Å². The number of hydrogen-bond acceptors (Lipinski definition) is 6. The number of esters is 2. The molecule has 0 spiro atoms. The van der Waals surface area contributed by atoms with Gasteiger partial charge in [0.25, 0.3) is 0 Å². The predicted octanol–water partition coefficient (Wildman–Crippen LogP) is 4.33. The number of benzene rings is 2. The molecular weight excluding hydrogens is 444 g/mol. The third-order valence-electron chi connectivity index (χ3n) is 7.71. The SMILES string of the molecule is CC1=C2C(OC(=O)/C=C/c3ccccc3)C3(c4ccccc4)CC(OC(=O)CO)C(C)(O3)C2CC1. The van der Waals surface area contributed by atoms with Crippen LogP contribution in [0.1, 0.15) is 44.2 Å². The minimum atomic E-state index is -1.01. The van der Waals surface area contributed by atoms with Crippen LogP contribution in [-0.4, -0.2) is 41.5 Å². The van der Waals surface area contributed by atoms with Gasteiger partial charge >= 0.3 is 11.9 Å². The molecule has 2 aromatic rings. The van der Waals surface area contributed by atoms with Crippen molar-refractivity contribution < 1.29 is 28.9 Å². The molecule has 5 rings (SSSR count). The molecule has 0 aromatic heterocycles. The molecule has 0 amide bonds. The van der Waals surface area contributed by atoms with Crippen LogP contribution in [0.3, 0.4) is 0 Å².